The lowest BCUT2D eigenvalue weighted by Crippen LogP contribution is -2.35. The summed E-state index contributed by atoms with van der Waals surface area (Å²) < 4.78 is 5.88. The zero-order valence-electron chi connectivity index (χ0n) is 10.6. The van der Waals surface area contributed by atoms with Crippen LogP contribution in [0.25, 0.3) is 11.1 Å². The first-order valence-electron chi connectivity index (χ1n) is 6.15. The molecule has 0 aliphatic heterocycles. The van der Waals surface area contributed by atoms with Crippen LogP contribution in [0.2, 0.25) is 0 Å². The van der Waals surface area contributed by atoms with Gasteiger partial charge in [-0.2, -0.15) is 0 Å². The number of oxazole rings is 1. The van der Waals surface area contributed by atoms with Crippen LogP contribution in [-0.4, -0.2) is 4.98 Å². The number of nitrogens with zero attached hydrogens (tertiary/aromatic N) is 1. The molecule has 0 saturated heterocycles. The summed E-state index contributed by atoms with van der Waals surface area (Å²) in [6.45, 7) is 6.15. The molecule has 0 radical (unpaired) electrons. The molecule has 1 saturated carbocycles. The lowest BCUT2D eigenvalue weighted by molar-refractivity contribution is 0.326. The monoisotopic (exact) mass is 230 g/mol. The van der Waals surface area contributed by atoms with Crippen molar-refractivity contribution in [2.75, 3.05) is 0 Å². The van der Waals surface area contributed by atoms with Gasteiger partial charge < -0.3 is 10.2 Å². The molecule has 3 nitrogen and oxygen atoms in total. The van der Waals surface area contributed by atoms with Gasteiger partial charge in [0.2, 0.25) is 5.89 Å². The number of hydrogen-bond donors (Lipinski definition) is 1. The molecule has 1 aromatic carbocycles. The predicted molar refractivity (Wildman–Crippen MR) is 67.7 cm³/mol. The minimum absolute atomic E-state index is 0.417. The van der Waals surface area contributed by atoms with Crippen molar-refractivity contribution in [3.63, 3.8) is 0 Å². The minimum Gasteiger partial charge on any atom is -0.438 e. The van der Waals surface area contributed by atoms with Crippen LogP contribution < -0.4 is 5.73 Å². The fourth-order valence-corrected chi connectivity index (χ4v) is 2.46. The van der Waals surface area contributed by atoms with E-state index in [4.69, 9.17) is 10.2 Å². The third kappa shape index (κ3) is 1.65. The second kappa shape index (κ2) is 3.33. The second-order valence-electron chi connectivity index (χ2n) is 5.51. The van der Waals surface area contributed by atoms with E-state index < -0.39 is 5.54 Å². The zero-order chi connectivity index (χ0) is 12.2. The van der Waals surface area contributed by atoms with Gasteiger partial charge in [-0.05, 0) is 56.7 Å². The van der Waals surface area contributed by atoms with Gasteiger partial charge in [0.15, 0.2) is 5.58 Å². The molecule has 90 valence electrons. The zero-order valence-corrected chi connectivity index (χ0v) is 10.6. The summed E-state index contributed by atoms with van der Waals surface area (Å²) in [5.74, 6) is 1.21. The first-order valence-corrected chi connectivity index (χ1v) is 6.15. The van der Waals surface area contributed by atoms with Crippen molar-refractivity contribution in [2.24, 2.45) is 11.7 Å². The van der Waals surface area contributed by atoms with Crippen LogP contribution >= 0.6 is 0 Å². The van der Waals surface area contributed by atoms with E-state index in [0.717, 1.165) is 16.7 Å². The molecule has 0 bridgehead atoms. The van der Waals surface area contributed by atoms with Gasteiger partial charge in [0, 0.05) is 0 Å². The van der Waals surface area contributed by atoms with Gasteiger partial charge in [-0.25, -0.2) is 4.98 Å². The number of aryl methyl sites for hydroxylation is 2. The van der Waals surface area contributed by atoms with Gasteiger partial charge in [0.25, 0.3) is 0 Å². The Labute approximate surface area is 101 Å². The van der Waals surface area contributed by atoms with Crippen LogP contribution in [0, 0.1) is 19.8 Å². The van der Waals surface area contributed by atoms with E-state index in [1.54, 1.807) is 0 Å². The molecule has 0 amide bonds. The molecule has 1 aliphatic rings. The standard InChI is InChI=1S/C14H18N2O/c1-8-6-9(2)12-11(7-8)16-13(17-12)14(3,15)10-4-5-10/h6-7,10H,4-5,15H2,1-3H3. The summed E-state index contributed by atoms with van der Waals surface area (Å²) in [7, 11) is 0. The Hall–Kier alpha value is -1.35. The van der Waals surface area contributed by atoms with Crippen molar-refractivity contribution in [1.29, 1.82) is 0 Å². The Morgan fingerprint density at radius 2 is 2.06 bits per heavy atom. The van der Waals surface area contributed by atoms with Crippen molar-refractivity contribution in [3.8, 4) is 0 Å². The van der Waals surface area contributed by atoms with Gasteiger partial charge in [-0.1, -0.05) is 6.07 Å². The molecule has 3 rings (SSSR count). The van der Waals surface area contributed by atoms with Crippen LogP contribution in [-0.2, 0) is 5.54 Å². The van der Waals surface area contributed by atoms with Crippen LogP contribution in [0.3, 0.4) is 0 Å². The molecule has 1 aliphatic carbocycles. The molecule has 2 N–H and O–H groups in total. The molecule has 17 heavy (non-hydrogen) atoms. The normalized spacial score (nSPS) is 19.5. The molecule has 1 atom stereocenters. The number of hydrogen-bond acceptors (Lipinski definition) is 3. The number of aromatic nitrogens is 1. The van der Waals surface area contributed by atoms with Crippen LogP contribution in [0.4, 0.5) is 0 Å². The Kier molecular flexibility index (Phi) is 2.11. The minimum atomic E-state index is -0.417. The molecule has 0 spiro atoms. The van der Waals surface area contributed by atoms with E-state index in [0.29, 0.717) is 11.8 Å². The molecule has 1 aromatic heterocycles. The largest absolute Gasteiger partial charge is 0.438 e. The van der Waals surface area contributed by atoms with Crippen molar-refractivity contribution in [3.05, 3.63) is 29.2 Å². The highest BCUT2D eigenvalue weighted by atomic mass is 16.4. The SMILES string of the molecule is Cc1cc(C)c2oc(C(C)(N)C3CC3)nc2c1. The third-order valence-electron chi connectivity index (χ3n) is 3.71. The maximum absolute atomic E-state index is 6.34. The lowest BCUT2D eigenvalue weighted by Gasteiger charge is -2.19. The maximum atomic E-state index is 6.34. The molecule has 3 heteroatoms. The first-order chi connectivity index (χ1) is 7.98. The van der Waals surface area contributed by atoms with Gasteiger partial charge in [0.1, 0.15) is 5.52 Å². The highest BCUT2D eigenvalue weighted by Crippen LogP contribution is 2.44. The van der Waals surface area contributed by atoms with E-state index in [9.17, 15) is 0 Å². The number of rotatable bonds is 2. The Morgan fingerprint density at radius 1 is 1.35 bits per heavy atom. The van der Waals surface area contributed by atoms with Crippen molar-refractivity contribution in [2.45, 2.75) is 39.2 Å². The summed E-state index contributed by atoms with van der Waals surface area (Å²) in [5, 5.41) is 0. The van der Waals surface area contributed by atoms with E-state index in [1.807, 2.05) is 6.92 Å². The van der Waals surface area contributed by atoms with Gasteiger partial charge in [0.05, 0.1) is 5.54 Å². The first kappa shape index (κ1) is 10.8. The Morgan fingerprint density at radius 3 is 2.71 bits per heavy atom. The highest BCUT2D eigenvalue weighted by Gasteiger charge is 2.43. The van der Waals surface area contributed by atoms with Crippen LogP contribution in [0.5, 0.6) is 0 Å². The smallest absolute Gasteiger partial charge is 0.215 e. The third-order valence-corrected chi connectivity index (χ3v) is 3.71. The average molecular weight is 230 g/mol. The second-order valence-corrected chi connectivity index (χ2v) is 5.51. The van der Waals surface area contributed by atoms with Gasteiger partial charge >= 0.3 is 0 Å². The summed E-state index contributed by atoms with van der Waals surface area (Å²) in [5.41, 5.74) is 10.1. The van der Waals surface area contributed by atoms with E-state index >= 15 is 0 Å². The van der Waals surface area contributed by atoms with Crippen molar-refractivity contribution >= 4 is 11.1 Å². The Balaban J connectivity index is 2.16. The fraction of sp³-hybridized carbons (Fsp3) is 0.500. The van der Waals surface area contributed by atoms with Crippen molar-refractivity contribution in [1.82, 2.24) is 4.98 Å². The van der Waals surface area contributed by atoms with E-state index in [1.165, 1.54) is 18.4 Å². The van der Waals surface area contributed by atoms with Crippen LogP contribution in [0.1, 0.15) is 36.8 Å². The van der Waals surface area contributed by atoms with Gasteiger partial charge in [-0.3, -0.25) is 0 Å². The van der Waals surface area contributed by atoms with E-state index in [-0.39, 0.29) is 0 Å². The molecule has 1 unspecified atom stereocenters. The van der Waals surface area contributed by atoms with Gasteiger partial charge in [-0.15, -0.1) is 0 Å². The molecule has 2 aromatic rings. The quantitative estimate of drug-likeness (QED) is 0.862. The molecular formula is C14H18N2O. The number of benzene rings is 1. The number of fused-ring (bicyclic) bond motifs is 1. The summed E-state index contributed by atoms with van der Waals surface area (Å²) >= 11 is 0. The summed E-state index contributed by atoms with van der Waals surface area (Å²) in [4.78, 5) is 4.58. The maximum Gasteiger partial charge on any atom is 0.215 e. The number of nitrogens with two attached hydrogens (primary N) is 1. The Bertz CT molecular complexity index is 579. The fourth-order valence-electron chi connectivity index (χ4n) is 2.46. The molecular weight excluding hydrogens is 212 g/mol. The average Bonchev–Trinajstić information content (AvgIpc) is 2.99. The van der Waals surface area contributed by atoms with Crippen LogP contribution in [0.15, 0.2) is 16.5 Å². The molecule has 1 heterocycles. The van der Waals surface area contributed by atoms with E-state index in [2.05, 4.69) is 31.0 Å². The van der Waals surface area contributed by atoms with Crippen molar-refractivity contribution < 1.29 is 4.42 Å². The highest BCUT2D eigenvalue weighted by molar-refractivity contribution is 5.77. The predicted octanol–water partition coefficient (Wildman–Crippen LogP) is 3.03. The molecule has 1 fully saturated rings. The topological polar surface area (TPSA) is 52.0 Å². The summed E-state index contributed by atoms with van der Waals surface area (Å²) in [6.07, 6.45) is 2.37. The summed E-state index contributed by atoms with van der Waals surface area (Å²) in [6, 6.07) is 4.17. The lowest BCUT2D eigenvalue weighted by atomic mass is 9.97.